The van der Waals surface area contributed by atoms with Crippen molar-refractivity contribution in [3.8, 4) is 40.3 Å². The Hall–Kier alpha value is -4.95. The van der Waals surface area contributed by atoms with Crippen molar-refractivity contribution in [2.45, 2.75) is 19.5 Å². The monoisotopic (exact) mass is 621 g/mol. The van der Waals surface area contributed by atoms with Crippen LogP contribution in [-0.4, -0.2) is 81.2 Å². The summed E-state index contributed by atoms with van der Waals surface area (Å²) < 4.78 is 27.2. The first-order valence-corrected chi connectivity index (χ1v) is 15.5. The van der Waals surface area contributed by atoms with Crippen molar-refractivity contribution >= 4 is 22.8 Å². The molecule has 1 amide bonds. The Morgan fingerprint density at radius 1 is 1.17 bits per heavy atom. The minimum Gasteiger partial charge on any atom is -0.496 e. The standard InChI is InChI=1S/C35H36FN7O3/c1-21-6-4-7-30(40-21)46-23-9-10-25(29(16-23)45-3)32-28(41(2)35-33(32)34(37)38-20-39-35)12-11-24-26-18-43(19-27(24)26)31(44)8-5-14-42-15-13-22(36)17-42/h4-10,16,20,22,24,26-27H,13-15,17-19H2,1-3H3,(H2,37,38,39)/b8-5+/t22?,24?,26-,27+. The number of likely N-dealkylation sites (tertiary alicyclic amines) is 2. The lowest BCUT2D eigenvalue weighted by Crippen LogP contribution is -2.30. The van der Waals surface area contributed by atoms with Gasteiger partial charge in [0.05, 0.1) is 12.5 Å². The molecule has 11 heteroatoms. The number of carbonyl (C=O) groups excluding carboxylic acids is 1. The summed E-state index contributed by atoms with van der Waals surface area (Å²) >= 11 is 0. The minimum atomic E-state index is -0.757. The molecule has 1 aromatic carbocycles. The van der Waals surface area contributed by atoms with E-state index < -0.39 is 6.17 Å². The van der Waals surface area contributed by atoms with E-state index >= 15 is 0 Å². The van der Waals surface area contributed by atoms with E-state index in [1.165, 1.54) is 6.33 Å². The smallest absolute Gasteiger partial charge is 0.246 e. The Kier molecular flexibility index (Phi) is 7.82. The number of fused-ring (bicyclic) bond motifs is 2. The van der Waals surface area contributed by atoms with E-state index in [2.05, 4.69) is 26.8 Å². The summed E-state index contributed by atoms with van der Waals surface area (Å²) in [4.78, 5) is 29.9. The Morgan fingerprint density at radius 3 is 2.74 bits per heavy atom. The summed E-state index contributed by atoms with van der Waals surface area (Å²) in [6.45, 7) is 5.08. The number of hydrogen-bond donors (Lipinski definition) is 1. The van der Waals surface area contributed by atoms with Crippen LogP contribution in [0, 0.1) is 36.5 Å². The van der Waals surface area contributed by atoms with E-state index in [0.29, 0.717) is 78.7 Å². The largest absolute Gasteiger partial charge is 0.496 e. The van der Waals surface area contributed by atoms with Crippen molar-refractivity contribution < 1.29 is 18.7 Å². The Labute approximate surface area is 267 Å². The topological polar surface area (TPSA) is 112 Å². The van der Waals surface area contributed by atoms with Crippen LogP contribution in [0.4, 0.5) is 10.2 Å². The number of anilines is 1. The van der Waals surface area contributed by atoms with Crippen LogP contribution in [0.3, 0.4) is 0 Å². The number of nitrogens with two attached hydrogens (primary N) is 1. The predicted molar refractivity (Wildman–Crippen MR) is 173 cm³/mol. The fraction of sp³-hybridized carbons (Fsp3) is 0.371. The first-order chi connectivity index (χ1) is 22.3. The third kappa shape index (κ3) is 5.65. The molecule has 3 aromatic heterocycles. The average molecular weight is 622 g/mol. The van der Waals surface area contributed by atoms with Gasteiger partial charge in [0.2, 0.25) is 11.8 Å². The van der Waals surface area contributed by atoms with Gasteiger partial charge in [-0.25, -0.2) is 19.3 Å². The normalized spacial score (nSPS) is 22.2. The first kappa shape index (κ1) is 29.7. The highest BCUT2D eigenvalue weighted by Crippen LogP contribution is 2.51. The molecule has 2 aliphatic heterocycles. The number of halogens is 1. The van der Waals surface area contributed by atoms with Crippen molar-refractivity contribution in [1.82, 2.24) is 29.3 Å². The van der Waals surface area contributed by atoms with Crippen molar-refractivity contribution in [2.75, 3.05) is 45.6 Å². The van der Waals surface area contributed by atoms with Crippen LogP contribution >= 0.6 is 0 Å². The molecule has 5 heterocycles. The van der Waals surface area contributed by atoms with E-state index in [1.807, 2.05) is 64.7 Å². The number of piperidine rings is 1. The second-order valence-electron chi connectivity index (χ2n) is 12.2. The number of carbonyl (C=O) groups is 1. The van der Waals surface area contributed by atoms with E-state index in [4.69, 9.17) is 15.2 Å². The van der Waals surface area contributed by atoms with Crippen molar-refractivity contribution in [3.05, 3.63) is 66.3 Å². The maximum atomic E-state index is 13.4. The van der Waals surface area contributed by atoms with Crippen LogP contribution in [0.2, 0.25) is 0 Å². The number of aryl methyl sites for hydroxylation is 2. The van der Waals surface area contributed by atoms with E-state index in [-0.39, 0.29) is 11.8 Å². The number of pyridine rings is 1. The lowest BCUT2D eigenvalue weighted by atomic mass is 10.0. The van der Waals surface area contributed by atoms with Gasteiger partial charge >= 0.3 is 0 Å². The van der Waals surface area contributed by atoms with Gasteiger partial charge in [-0.15, -0.1) is 0 Å². The number of nitrogens with zero attached hydrogens (tertiary/aromatic N) is 6. The highest BCUT2D eigenvalue weighted by Gasteiger charge is 2.55. The number of methoxy groups -OCH3 is 1. The Bertz CT molecular complexity index is 1900. The molecule has 2 unspecified atom stereocenters. The van der Waals surface area contributed by atoms with E-state index in [0.717, 1.165) is 29.1 Å². The third-order valence-electron chi connectivity index (χ3n) is 9.23. The zero-order chi connectivity index (χ0) is 31.9. The fourth-order valence-corrected chi connectivity index (χ4v) is 6.75. The number of benzene rings is 1. The molecular weight excluding hydrogens is 585 g/mol. The van der Waals surface area contributed by atoms with Gasteiger partial charge < -0.3 is 24.7 Å². The van der Waals surface area contributed by atoms with Crippen LogP contribution in [0.1, 0.15) is 17.8 Å². The van der Waals surface area contributed by atoms with Gasteiger partial charge in [-0.1, -0.05) is 18.1 Å². The average Bonchev–Trinajstić information content (AvgIpc) is 3.37. The molecular formula is C35H36FN7O3. The maximum absolute atomic E-state index is 13.4. The highest BCUT2D eigenvalue weighted by molar-refractivity contribution is 6.04. The zero-order valence-corrected chi connectivity index (χ0v) is 26.1. The first-order valence-electron chi connectivity index (χ1n) is 15.5. The van der Waals surface area contributed by atoms with E-state index in [9.17, 15) is 9.18 Å². The summed E-state index contributed by atoms with van der Waals surface area (Å²) in [5, 5.41) is 0.706. The molecule has 1 saturated carbocycles. The van der Waals surface area contributed by atoms with Crippen LogP contribution < -0.4 is 15.2 Å². The molecule has 1 aliphatic carbocycles. The Morgan fingerprint density at radius 2 is 2.00 bits per heavy atom. The third-order valence-corrected chi connectivity index (χ3v) is 9.23. The Balaban J connectivity index is 1.12. The van der Waals surface area contributed by atoms with Crippen LogP contribution in [-0.2, 0) is 11.8 Å². The van der Waals surface area contributed by atoms with Crippen molar-refractivity contribution in [3.63, 3.8) is 0 Å². The molecule has 0 bridgehead atoms. The lowest BCUT2D eigenvalue weighted by Gasteiger charge is -2.17. The lowest BCUT2D eigenvalue weighted by molar-refractivity contribution is -0.125. The number of alkyl halides is 1. The maximum Gasteiger partial charge on any atom is 0.246 e. The van der Waals surface area contributed by atoms with Crippen molar-refractivity contribution in [1.29, 1.82) is 0 Å². The number of rotatable bonds is 7. The second kappa shape index (κ2) is 12.1. The molecule has 7 rings (SSSR count). The van der Waals surface area contributed by atoms with Gasteiger partial charge in [-0.05, 0) is 49.3 Å². The summed E-state index contributed by atoms with van der Waals surface area (Å²) in [6.07, 6.45) is 4.75. The van der Waals surface area contributed by atoms with Gasteiger partial charge in [-0.2, -0.15) is 0 Å². The van der Waals surface area contributed by atoms with Gasteiger partial charge in [0, 0.05) is 80.7 Å². The summed E-state index contributed by atoms with van der Waals surface area (Å²) in [7, 11) is 3.54. The molecule has 2 N–H and O–H groups in total. The predicted octanol–water partition coefficient (Wildman–Crippen LogP) is 4.38. The molecule has 2 saturated heterocycles. The van der Waals surface area contributed by atoms with Gasteiger partial charge in [0.1, 0.15) is 41.2 Å². The van der Waals surface area contributed by atoms with Gasteiger partial charge in [0.15, 0.2) is 0 Å². The molecule has 3 fully saturated rings. The van der Waals surface area contributed by atoms with Crippen LogP contribution in [0.5, 0.6) is 17.4 Å². The molecule has 10 nitrogen and oxygen atoms in total. The number of hydrogen-bond acceptors (Lipinski definition) is 8. The molecule has 3 aliphatic rings. The van der Waals surface area contributed by atoms with Crippen molar-refractivity contribution in [2.24, 2.45) is 24.8 Å². The quantitative estimate of drug-likeness (QED) is 0.239. The molecule has 4 aromatic rings. The molecule has 0 radical (unpaired) electrons. The molecule has 46 heavy (non-hydrogen) atoms. The van der Waals surface area contributed by atoms with Gasteiger partial charge in [0.25, 0.3) is 0 Å². The number of amides is 1. The zero-order valence-electron chi connectivity index (χ0n) is 26.1. The SMILES string of the molecule is COc1cc(Oc2cccc(C)n2)ccc1-c1c(C#CC2[C@H]3CN(C(=O)/C=C/CN4CCC(F)C4)C[C@@H]23)n(C)c2ncnc(N)c12. The summed E-state index contributed by atoms with van der Waals surface area (Å²) in [5.74, 6) is 9.89. The fourth-order valence-electron chi connectivity index (χ4n) is 6.75. The minimum absolute atomic E-state index is 0.0117. The molecule has 236 valence electrons. The number of nitrogen functional groups attached to an aromatic ring is 1. The summed E-state index contributed by atoms with van der Waals surface area (Å²) in [6, 6.07) is 11.2. The summed E-state index contributed by atoms with van der Waals surface area (Å²) in [5.41, 5.74) is 10.3. The van der Waals surface area contributed by atoms with E-state index in [1.54, 1.807) is 19.3 Å². The van der Waals surface area contributed by atoms with Crippen LogP contribution in [0.15, 0.2) is 54.9 Å². The second-order valence-corrected chi connectivity index (χ2v) is 12.2. The molecule has 0 spiro atoms. The molecule has 4 atom stereocenters. The van der Waals surface area contributed by atoms with Gasteiger partial charge in [-0.3, -0.25) is 9.69 Å². The number of ether oxygens (including phenoxy) is 2. The van der Waals surface area contributed by atoms with Crippen LogP contribution in [0.25, 0.3) is 22.2 Å². The highest BCUT2D eigenvalue weighted by atomic mass is 19.1. The number of aromatic nitrogens is 4.